The van der Waals surface area contributed by atoms with Crippen molar-refractivity contribution >= 4 is 23.4 Å². The molecule has 1 aliphatic rings. The lowest BCUT2D eigenvalue weighted by atomic mass is 10.1. The summed E-state index contributed by atoms with van der Waals surface area (Å²) >= 11 is 8.02. The minimum atomic E-state index is 0.376. The fraction of sp³-hybridized carbons (Fsp3) is 0.250. The molecule has 2 heterocycles. The second-order valence-electron chi connectivity index (χ2n) is 5.30. The van der Waals surface area contributed by atoms with Crippen LogP contribution in [0.2, 0.25) is 5.02 Å². The molecule has 112 valence electrons. The van der Waals surface area contributed by atoms with Crippen LogP contribution in [0.4, 0.5) is 0 Å². The molecule has 0 amide bonds. The fourth-order valence-electron chi connectivity index (χ4n) is 2.86. The fourth-order valence-corrected chi connectivity index (χ4v) is 4.31. The van der Waals surface area contributed by atoms with Crippen molar-refractivity contribution in [3.05, 3.63) is 52.7 Å². The Hall–Kier alpha value is -1.72. The van der Waals surface area contributed by atoms with Gasteiger partial charge in [0.2, 0.25) is 0 Å². The van der Waals surface area contributed by atoms with Gasteiger partial charge in [0.25, 0.3) is 0 Å². The lowest BCUT2D eigenvalue weighted by molar-refractivity contribution is 0.572. The quantitative estimate of drug-likeness (QED) is 0.708. The third-order valence-electron chi connectivity index (χ3n) is 3.98. The number of thioether (sulfide) groups is 1. The molecule has 0 bridgehead atoms. The van der Waals surface area contributed by atoms with Gasteiger partial charge in [-0.25, -0.2) is 0 Å². The van der Waals surface area contributed by atoms with Crippen LogP contribution in [0.5, 0.6) is 0 Å². The number of furan rings is 1. The zero-order valence-corrected chi connectivity index (χ0v) is 13.6. The van der Waals surface area contributed by atoms with Crippen LogP contribution >= 0.6 is 23.4 Å². The molecule has 1 atom stereocenters. The summed E-state index contributed by atoms with van der Waals surface area (Å²) in [6.45, 7) is 0. The Balaban J connectivity index is 1.63. The molecule has 22 heavy (non-hydrogen) atoms. The predicted molar refractivity (Wildman–Crippen MR) is 87.1 cm³/mol. The molecule has 2 aromatic heterocycles. The summed E-state index contributed by atoms with van der Waals surface area (Å²) in [6.07, 6.45) is 3.74. The molecular formula is C16H14ClN3OS. The zero-order chi connectivity index (χ0) is 15.1. The maximum absolute atomic E-state index is 6.29. The number of hydrogen-bond acceptors (Lipinski definition) is 4. The van der Waals surface area contributed by atoms with Crippen molar-refractivity contribution in [3.8, 4) is 11.6 Å². The van der Waals surface area contributed by atoms with Gasteiger partial charge in [0.05, 0.1) is 6.26 Å². The van der Waals surface area contributed by atoms with E-state index >= 15 is 0 Å². The van der Waals surface area contributed by atoms with Gasteiger partial charge >= 0.3 is 0 Å². The van der Waals surface area contributed by atoms with Crippen molar-refractivity contribution in [2.75, 3.05) is 0 Å². The lowest BCUT2D eigenvalue weighted by Crippen LogP contribution is -1.96. The number of rotatable bonds is 3. The molecule has 0 radical (unpaired) electrons. The van der Waals surface area contributed by atoms with E-state index in [1.54, 1.807) is 18.0 Å². The maximum Gasteiger partial charge on any atom is 0.200 e. The van der Waals surface area contributed by atoms with Crippen molar-refractivity contribution in [2.24, 2.45) is 7.05 Å². The van der Waals surface area contributed by atoms with Crippen LogP contribution < -0.4 is 0 Å². The number of halogens is 1. The largest absolute Gasteiger partial charge is 0.461 e. The highest BCUT2D eigenvalue weighted by molar-refractivity contribution is 7.99. The zero-order valence-electron chi connectivity index (χ0n) is 12.0. The molecule has 0 unspecified atom stereocenters. The summed E-state index contributed by atoms with van der Waals surface area (Å²) < 4.78 is 7.38. The van der Waals surface area contributed by atoms with Gasteiger partial charge in [0.15, 0.2) is 16.7 Å². The van der Waals surface area contributed by atoms with Gasteiger partial charge in [0, 0.05) is 17.3 Å². The molecule has 0 spiro atoms. The van der Waals surface area contributed by atoms with Crippen molar-refractivity contribution < 1.29 is 4.42 Å². The van der Waals surface area contributed by atoms with Gasteiger partial charge in [-0.15, -0.1) is 10.2 Å². The Kier molecular flexibility index (Phi) is 3.47. The molecule has 4 rings (SSSR count). The molecule has 6 heteroatoms. The van der Waals surface area contributed by atoms with Crippen molar-refractivity contribution in [1.29, 1.82) is 0 Å². The highest BCUT2D eigenvalue weighted by atomic mass is 35.5. The first kappa shape index (κ1) is 13.9. The third-order valence-corrected chi connectivity index (χ3v) is 5.68. The predicted octanol–water partition coefficient (Wildman–Crippen LogP) is 4.51. The topological polar surface area (TPSA) is 43.9 Å². The summed E-state index contributed by atoms with van der Waals surface area (Å²) in [5, 5.41) is 10.7. The van der Waals surface area contributed by atoms with Crippen LogP contribution in [-0.4, -0.2) is 14.8 Å². The molecule has 3 aromatic rings. The van der Waals surface area contributed by atoms with E-state index in [9.17, 15) is 0 Å². The number of nitrogens with zero attached hydrogens (tertiary/aromatic N) is 3. The normalized spacial score (nSPS) is 16.9. The van der Waals surface area contributed by atoms with Crippen LogP contribution in [0.3, 0.4) is 0 Å². The average Bonchev–Trinajstić information content (AvgIpc) is 3.22. The van der Waals surface area contributed by atoms with E-state index in [-0.39, 0.29) is 0 Å². The first-order valence-electron chi connectivity index (χ1n) is 7.11. The highest BCUT2D eigenvalue weighted by Gasteiger charge is 2.27. The van der Waals surface area contributed by atoms with Gasteiger partial charge in [-0.05, 0) is 42.2 Å². The van der Waals surface area contributed by atoms with Crippen molar-refractivity contribution in [1.82, 2.24) is 14.8 Å². The minimum absolute atomic E-state index is 0.376. The third kappa shape index (κ3) is 2.25. The number of benzene rings is 1. The number of aromatic nitrogens is 3. The highest BCUT2D eigenvalue weighted by Crippen LogP contribution is 2.46. The lowest BCUT2D eigenvalue weighted by Gasteiger charge is -2.10. The van der Waals surface area contributed by atoms with E-state index in [0.29, 0.717) is 5.25 Å². The van der Waals surface area contributed by atoms with E-state index in [2.05, 4.69) is 16.3 Å². The standard InChI is InChI=1S/C16H14ClN3OS/c1-20-15(13-6-3-9-21-13)18-19-16(20)22-14-8-7-10-11(14)4-2-5-12(10)17/h2-6,9,14H,7-8H2,1H3/t14-/m0/s1. The summed E-state index contributed by atoms with van der Waals surface area (Å²) in [4.78, 5) is 0. The van der Waals surface area contributed by atoms with E-state index in [1.807, 2.05) is 35.9 Å². The summed E-state index contributed by atoms with van der Waals surface area (Å²) in [7, 11) is 1.97. The summed E-state index contributed by atoms with van der Waals surface area (Å²) in [5.74, 6) is 1.48. The molecule has 0 saturated carbocycles. The maximum atomic E-state index is 6.29. The minimum Gasteiger partial charge on any atom is -0.461 e. The average molecular weight is 332 g/mol. The van der Waals surface area contributed by atoms with Crippen LogP contribution in [0.1, 0.15) is 22.8 Å². The van der Waals surface area contributed by atoms with Gasteiger partial charge < -0.3 is 8.98 Å². The molecule has 0 fully saturated rings. The van der Waals surface area contributed by atoms with E-state index < -0.39 is 0 Å². The number of fused-ring (bicyclic) bond motifs is 1. The van der Waals surface area contributed by atoms with Gasteiger partial charge in [0.1, 0.15) is 0 Å². The second kappa shape index (κ2) is 5.48. The Labute approximate surface area is 137 Å². The Morgan fingerprint density at radius 3 is 3.00 bits per heavy atom. The van der Waals surface area contributed by atoms with E-state index in [0.717, 1.165) is 34.6 Å². The Morgan fingerprint density at radius 2 is 2.18 bits per heavy atom. The SMILES string of the molecule is Cn1c(S[C@H]2CCc3c(Cl)cccc32)nnc1-c1ccco1. The van der Waals surface area contributed by atoms with Crippen LogP contribution in [0.15, 0.2) is 46.2 Å². The molecule has 4 nitrogen and oxygen atoms in total. The van der Waals surface area contributed by atoms with Crippen LogP contribution in [-0.2, 0) is 13.5 Å². The second-order valence-corrected chi connectivity index (χ2v) is 6.87. The number of hydrogen-bond donors (Lipinski definition) is 0. The molecule has 0 saturated heterocycles. The summed E-state index contributed by atoms with van der Waals surface area (Å²) in [6, 6.07) is 9.89. The molecule has 1 aliphatic carbocycles. The van der Waals surface area contributed by atoms with Crippen molar-refractivity contribution in [3.63, 3.8) is 0 Å². The molecule has 1 aromatic carbocycles. The molecule has 0 N–H and O–H groups in total. The first-order valence-corrected chi connectivity index (χ1v) is 8.37. The monoisotopic (exact) mass is 331 g/mol. The smallest absolute Gasteiger partial charge is 0.200 e. The van der Waals surface area contributed by atoms with E-state index in [4.69, 9.17) is 16.0 Å². The van der Waals surface area contributed by atoms with Gasteiger partial charge in [-0.3, -0.25) is 0 Å². The van der Waals surface area contributed by atoms with Crippen LogP contribution in [0, 0.1) is 0 Å². The van der Waals surface area contributed by atoms with E-state index in [1.165, 1.54) is 11.1 Å². The Morgan fingerprint density at radius 1 is 1.27 bits per heavy atom. The van der Waals surface area contributed by atoms with Gasteiger partial charge in [-0.2, -0.15) is 0 Å². The first-order chi connectivity index (χ1) is 10.7. The Bertz CT molecular complexity index is 813. The summed E-state index contributed by atoms with van der Waals surface area (Å²) in [5.41, 5.74) is 2.59. The molecular weight excluding hydrogens is 318 g/mol. The van der Waals surface area contributed by atoms with Crippen LogP contribution in [0.25, 0.3) is 11.6 Å². The van der Waals surface area contributed by atoms with Gasteiger partial charge in [-0.1, -0.05) is 35.5 Å². The van der Waals surface area contributed by atoms with Crippen molar-refractivity contribution in [2.45, 2.75) is 23.2 Å². The molecule has 0 aliphatic heterocycles.